The zero-order chi connectivity index (χ0) is 20.4. The lowest BCUT2D eigenvalue weighted by molar-refractivity contribution is -0.0210. The average Bonchev–Trinajstić information content (AvgIpc) is 3.37. The van der Waals surface area contributed by atoms with Gasteiger partial charge >= 0.3 is 0 Å². The molecule has 1 aromatic carbocycles. The molecule has 0 bridgehead atoms. The standard InChI is InChI=1S/C21H25ClN4O3/c1-13(27)11-29-16-4-2-14(3-5-16)25-21(28)18-9-15(26-7-6-23-12-26)8-17-19(22)10-24-20(17)18/h6-10,12-14,16,24,27H,2-5,11H2,1H3,(H,25,28). The Bertz CT molecular complexity index is 975. The summed E-state index contributed by atoms with van der Waals surface area (Å²) < 4.78 is 7.56. The number of amides is 1. The number of rotatable bonds is 6. The second kappa shape index (κ2) is 8.57. The molecular weight excluding hydrogens is 392 g/mol. The molecule has 1 fully saturated rings. The molecule has 0 radical (unpaired) electrons. The van der Waals surface area contributed by atoms with E-state index in [2.05, 4.69) is 15.3 Å². The first kappa shape index (κ1) is 19.9. The van der Waals surface area contributed by atoms with Crippen molar-refractivity contribution in [2.45, 2.75) is 50.9 Å². The van der Waals surface area contributed by atoms with Crippen LogP contribution >= 0.6 is 11.6 Å². The summed E-state index contributed by atoms with van der Waals surface area (Å²) in [6.45, 7) is 2.08. The summed E-state index contributed by atoms with van der Waals surface area (Å²) in [4.78, 5) is 20.3. The SMILES string of the molecule is CC(O)COC1CCC(NC(=O)c2cc(-n3ccnc3)cc3c(Cl)c[nH]c23)CC1. The van der Waals surface area contributed by atoms with E-state index in [4.69, 9.17) is 16.3 Å². The predicted molar refractivity (Wildman–Crippen MR) is 112 cm³/mol. The van der Waals surface area contributed by atoms with Crippen LogP contribution in [0.5, 0.6) is 0 Å². The fourth-order valence-corrected chi connectivity index (χ4v) is 4.04. The highest BCUT2D eigenvalue weighted by Crippen LogP contribution is 2.29. The number of nitrogens with one attached hydrogen (secondary N) is 2. The molecule has 1 aliphatic rings. The van der Waals surface area contributed by atoms with E-state index in [0.29, 0.717) is 17.2 Å². The van der Waals surface area contributed by atoms with Crippen LogP contribution in [0.15, 0.2) is 37.1 Å². The maximum absolute atomic E-state index is 13.1. The molecule has 3 N–H and O–H groups in total. The van der Waals surface area contributed by atoms with Crippen LogP contribution < -0.4 is 5.32 Å². The summed E-state index contributed by atoms with van der Waals surface area (Å²) >= 11 is 6.32. The van der Waals surface area contributed by atoms with Gasteiger partial charge in [-0.15, -0.1) is 0 Å². The Balaban J connectivity index is 1.49. The van der Waals surface area contributed by atoms with Gasteiger partial charge in [-0.2, -0.15) is 0 Å². The second-order valence-corrected chi connectivity index (χ2v) is 8.06. The van der Waals surface area contributed by atoms with Crippen molar-refractivity contribution in [3.8, 4) is 5.69 Å². The van der Waals surface area contributed by atoms with Gasteiger partial charge in [0.05, 0.1) is 41.2 Å². The first-order valence-corrected chi connectivity index (χ1v) is 10.3. The lowest BCUT2D eigenvalue weighted by Gasteiger charge is -2.29. The minimum atomic E-state index is -0.453. The third kappa shape index (κ3) is 4.47. The number of carbonyl (C=O) groups is 1. The molecule has 3 aromatic rings. The molecule has 2 heterocycles. The van der Waals surface area contributed by atoms with Crippen LogP contribution in [0, 0.1) is 0 Å². The Labute approximate surface area is 174 Å². The average molecular weight is 417 g/mol. The van der Waals surface area contributed by atoms with Gasteiger partial charge in [-0.1, -0.05) is 11.6 Å². The Kier molecular flexibility index (Phi) is 5.89. The first-order chi connectivity index (χ1) is 14.0. The molecule has 1 amide bonds. The van der Waals surface area contributed by atoms with Gasteiger partial charge in [0.2, 0.25) is 0 Å². The van der Waals surface area contributed by atoms with E-state index in [9.17, 15) is 9.90 Å². The Morgan fingerprint density at radius 2 is 2.21 bits per heavy atom. The molecule has 154 valence electrons. The number of hydrogen-bond acceptors (Lipinski definition) is 4. The fraction of sp³-hybridized carbons (Fsp3) is 0.429. The molecule has 1 unspecified atom stereocenters. The minimum absolute atomic E-state index is 0.103. The zero-order valence-corrected chi connectivity index (χ0v) is 17.0. The number of halogens is 1. The first-order valence-electron chi connectivity index (χ1n) is 9.90. The van der Waals surface area contributed by atoms with E-state index in [1.165, 1.54) is 0 Å². The molecule has 4 rings (SSSR count). The summed E-state index contributed by atoms with van der Waals surface area (Å²) in [5.74, 6) is -0.121. The summed E-state index contributed by atoms with van der Waals surface area (Å²) in [5, 5.41) is 13.9. The molecule has 8 heteroatoms. The minimum Gasteiger partial charge on any atom is -0.391 e. The number of aromatic amines is 1. The molecule has 1 aliphatic carbocycles. The summed E-state index contributed by atoms with van der Waals surface area (Å²) in [6, 6.07) is 3.90. The van der Waals surface area contributed by atoms with Gasteiger partial charge in [0.15, 0.2) is 0 Å². The largest absolute Gasteiger partial charge is 0.391 e. The highest BCUT2D eigenvalue weighted by Gasteiger charge is 2.25. The van der Waals surface area contributed by atoms with Crippen molar-refractivity contribution in [1.29, 1.82) is 0 Å². The fourth-order valence-electron chi connectivity index (χ4n) is 3.84. The van der Waals surface area contributed by atoms with Crippen LogP contribution in [0.2, 0.25) is 5.02 Å². The van der Waals surface area contributed by atoms with Crippen LogP contribution in [0.3, 0.4) is 0 Å². The lowest BCUT2D eigenvalue weighted by atomic mass is 9.92. The Morgan fingerprint density at radius 1 is 1.41 bits per heavy atom. The molecule has 1 saturated carbocycles. The third-order valence-corrected chi connectivity index (χ3v) is 5.67. The highest BCUT2D eigenvalue weighted by atomic mass is 35.5. The van der Waals surface area contributed by atoms with Crippen molar-refractivity contribution >= 4 is 28.4 Å². The number of imidazole rings is 1. The van der Waals surface area contributed by atoms with Gasteiger partial charge in [0.25, 0.3) is 5.91 Å². The van der Waals surface area contributed by atoms with E-state index in [1.54, 1.807) is 25.6 Å². The van der Waals surface area contributed by atoms with Crippen molar-refractivity contribution in [3.05, 3.63) is 47.6 Å². The molecule has 1 atom stereocenters. The highest BCUT2D eigenvalue weighted by molar-refractivity contribution is 6.36. The topological polar surface area (TPSA) is 92.2 Å². The van der Waals surface area contributed by atoms with E-state index in [-0.39, 0.29) is 18.1 Å². The van der Waals surface area contributed by atoms with Gasteiger partial charge in [-0.25, -0.2) is 4.98 Å². The van der Waals surface area contributed by atoms with Gasteiger partial charge in [-0.3, -0.25) is 4.79 Å². The van der Waals surface area contributed by atoms with E-state index >= 15 is 0 Å². The number of benzene rings is 1. The van der Waals surface area contributed by atoms with Crippen LogP contribution in [0.4, 0.5) is 0 Å². The number of H-pyrrole nitrogens is 1. The Hall–Kier alpha value is -2.35. The zero-order valence-electron chi connectivity index (χ0n) is 16.3. The van der Waals surface area contributed by atoms with Gasteiger partial charge in [0, 0.05) is 35.7 Å². The predicted octanol–water partition coefficient (Wildman–Crippen LogP) is 3.45. The number of fused-ring (bicyclic) bond motifs is 1. The summed E-state index contributed by atoms with van der Waals surface area (Å²) in [7, 11) is 0. The number of hydrogen-bond donors (Lipinski definition) is 3. The van der Waals surface area contributed by atoms with E-state index in [0.717, 1.165) is 42.3 Å². The van der Waals surface area contributed by atoms with Gasteiger partial charge in [0.1, 0.15) is 0 Å². The number of ether oxygens (including phenoxy) is 1. The van der Waals surface area contributed by atoms with Crippen LogP contribution in [0.1, 0.15) is 43.0 Å². The number of aliphatic hydroxyl groups excluding tert-OH is 1. The molecule has 2 aromatic heterocycles. The number of carbonyl (C=O) groups excluding carboxylic acids is 1. The van der Waals surface area contributed by atoms with Crippen molar-refractivity contribution < 1.29 is 14.6 Å². The van der Waals surface area contributed by atoms with Gasteiger partial charge < -0.3 is 24.7 Å². The van der Waals surface area contributed by atoms with Crippen molar-refractivity contribution in [3.63, 3.8) is 0 Å². The summed E-state index contributed by atoms with van der Waals surface area (Å²) in [5.41, 5.74) is 2.12. The summed E-state index contributed by atoms with van der Waals surface area (Å²) in [6.07, 6.45) is 10.1. The van der Waals surface area contributed by atoms with Crippen molar-refractivity contribution in [2.24, 2.45) is 0 Å². The van der Waals surface area contributed by atoms with Crippen molar-refractivity contribution in [2.75, 3.05) is 6.61 Å². The maximum atomic E-state index is 13.1. The number of aliphatic hydroxyl groups is 1. The molecule has 0 spiro atoms. The van der Waals surface area contributed by atoms with Crippen LogP contribution in [-0.4, -0.2) is 50.4 Å². The Morgan fingerprint density at radius 3 is 2.90 bits per heavy atom. The quantitative estimate of drug-likeness (QED) is 0.574. The van der Waals surface area contributed by atoms with Crippen LogP contribution in [0.25, 0.3) is 16.6 Å². The normalized spacial score (nSPS) is 20.7. The maximum Gasteiger partial charge on any atom is 0.253 e. The van der Waals surface area contributed by atoms with Gasteiger partial charge in [-0.05, 0) is 44.7 Å². The lowest BCUT2D eigenvalue weighted by Crippen LogP contribution is -2.39. The second-order valence-electron chi connectivity index (χ2n) is 7.65. The number of aromatic nitrogens is 3. The smallest absolute Gasteiger partial charge is 0.253 e. The third-order valence-electron chi connectivity index (χ3n) is 5.35. The molecule has 0 saturated heterocycles. The van der Waals surface area contributed by atoms with E-state index < -0.39 is 6.10 Å². The van der Waals surface area contributed by atoms with Crippen LogP contribution in [-0.2, 0) is 4.74 Å². The monoisotopic (exact) mass is 416 g/mol. The van der Waals surface area contributed by atoms with Crippen molar-refractivity contribution in [1.82, 2.24) is 19.9 Å². The molecular formula is C21H25ClN4O3. The molecule has 0 aliphatic heterocycles. The number of nitrogens with zero attached hydrogens (tertiary/aromatic N) is 2. The van der Waals surface area contributed by atoms with E-state index in [1.807, 2.05) is 22.9 Å². The molecule has 7 nitrogen and oxygen atoms in total. The molecule has 29 heavy (non-hydrogen) atoms.